The van der Waals surface area contributed by atoms with Crippen LogP contribution in [0.25, 0.3) is 0 Å². The van der Waals surface area contributed by atoms with Crippen LogP contribution in [0.1, 0.15) is 56.7 Å². The number of carbonyl (C=O) groups excluding carboxylic acids is 1. The normalized spacial score (nSPS) is 21.3. The van der Waals surface area contributed by atoms with E-state index in [1.807, 2.05) is 13.8 Å². The van der Waals surface area contributed by atoms with E-state index in [0.717, 1.165) is 30.1 Å². The second-order valence-corrected chi connectivity index (χ2v) is 11.9. The Morgan fingerprint density at radius 1 is 0.971 bits per heavy atom. The van der Waals surface area contributed by atoms with Crippen molar-refractivity contribution in [3.8, 4) is 0 Å². The Balaban J connectivity index is 1.36. The van der Waals surface area contributed by atoms with Crippen LogP contribution in [-0.4, -0.2) is 44.8 Å². The lowest BCUT2D eigenvalue weighted by Crippen LogP contribution is -2.45. The van der Waals surface area contributed by atoms with Crippen LogP contribution in [0.2, 0.25) is 0 Å². The maximum Gasteiger partial charge on any atom is 0.243 e. The van der Waals surface area contributed by atoms with Crippen LogP contribution in [-0.2, 0) is 14.8 Å². The molecule has 1 amide bonds. The highest BCUT2D eigenvalue weighted by Crippen LogP contribution is 2.27. The first kappa shape index (κ1) is 24.7. The van der Waals surface area contributed by atoms with E-state index < -0.39 is 10.0 Å². The SMILES string of the molecule is Cc1ccc(S(=O)(=O)N2CCC[C@H](C(=O)N[C@H](C)c3ccc(N4CCC(C)CC4)cc3)C2)cc1. The van der Waals surface area contributed by atoms with E-state index in [1.54, 1.807) is 24.3 Å². The Hall–Kier alpha value is -2.38. The zero-order valence-electron chi connectivity index (χ0n) is 20.5. The van der Waals surface area contributed by atoms with Crippen LogP contribution < -0.4 is 10.2 Å². The van der Waals surface area contributed by atoms with Crippen LogP contribution in [0.3, 0.4) is 0 Å². The van der Waals surface area contributed by atoms with E-state index in [0.29, 0.717) is 19.4 Å². The largest absolute Gasteiger partial charge is 0.372 e. The van der Waals surface area contributed by atoms with Gasteiger partial charge in [-0.15, -0.1) is 0 Å². The fourth-order valence-electron chi connectivity index (χ4n) is 4.89. The third-order valence-electron chi connectivity index (χ3n) is 7.31. The van der Waals surface area contributed by atoms with Crippen molar-refractivity contribution in [1.29, 1.82) is 0 Å². The maximum absolute atomic E-state index is 13.1. The summed E-state index contributed by atoms with van der Waals surface area (Å²) in [5.41, 5.74) is 3.31. The first-order chi connectivity index (χ1) is 16.2. The Bertz CT molecular complexity index is 1080. The van der Waals surface area contributed by atoms with Gasteiger partial charge in [0, 0.05) is 31.9 Å². The zero-order chi connectivity index (χ0) is 24.3. The fourth-order valence-corrected chi connectivity index (χ4v) is 6.41. The predicted molar refractivity (Wildman–Crippen MR) is 136 cm³/mol. The highest BCUT2D eigenvalue weighted by atomic mass is 32.2. The molecule has 2 aliphatic rings. The van der Waals surface area contributed by atoms with E-state index in [4.69, 9.17) is 0 Å². The van der Waals surface area contributed by atoms with Gasteiger partial charge < -0.3 is 10.2 Å². The van der Waals surface area contributed by atoms with Crippen molar-refractivity contribution in [2.75, 3.05) is 31.1 Å². The van der Waals surface area contributed by atoms with Crippen LogP contribution in [0.5, 0.6) is 0 Å². The summed E-state index contributed by atoms with van der Waals surface area (Å²) in [5.74, 6) is 0.379. The molecule has 0 bridgehead atoms. The number of benzene rings is 2. The van der Waals surface area contributed by atoms with Crippen molar-refractivity contribution in [1.82, 2.24) is 9.62 Å². The van der Waals surface area contributed by atoms with Gasteiger partial charge in [-0.1, -0.05) is 36.8 Å². The first-order valence-corrected chi connectivity index (χ1v) is 13.9. The third-order valence-corrected chi connectivity index (χ3v) is 9.19. The van der Waals surface area contributed by atoms with Gasteiger partial charge in [0.2, 0.25) is 15.9 Å². The smallest absolute Gasteiger partial charge is 0.243 e. The number of sulfonamides is 1. The second-order valence-electron chi connectivity index (χ2n) is 10.0. The molecule has 2 aromatic carbocycles. The molecule has 2 atom stereocenters. The number of carbonyl (C=O) groups is 1. The van der Waals surface area contributed by atoms with Gasteiger partial charge in [0.1, 0.15) is 0 Å². The van der Waals surface area contributed by atoms with E-state index in [9.17, 15) is 13.2 Å². The summed E-state index contributed by atoms with van der Waals surface area (Å²) in [7, 11) is -3.60. The lowest BCUT2D eigenvalue weighted by molar-refractivity contribution is -0.126. The molecule has 1 N–H and O–H groups in total. The third kappa shape index (κ3) is 5.63. The predicted octanol–water partition coefficient (Wildman–Crippen LogP) is 4.51. The monoisotopic (exact) mass is 483 g/mol. The molecule has 4 rings (SSSR count). The molecule has 2 aromatic rings. The fraction of sp³-hybridized carbons (Fsp3) is 0.519. The maximum atomic E-state index is 13.1. The first-order valence-electron chi connectivity index (χ1n) is 12.5. The van der Waals surface area contributed by atoms with E-state index >= 15 is 0 Å². The van der Waals surface area contributed by atoms with E-state index in [2.05, 4.69) is 41.4 Å². The minimum absolute atomic E-state index is 0.0783. The summed E-state index contributed by atoms with van der Waals surface area (Å²) < 4.78 is 27.6. The molecule has 2 aliphatic heterocycles. The number of amides is 1. The number of rotatable bonds is 6. The van der Waals surface area contributed by atoms with Crippen molar-refractivity contribution >= 4 is 21.6 Å². The van der Waals surface area contributed by atoms with Gasteiger partial charge in [0.05, 0.1) is 16.9 Å². The Morgan fingerprint density at radius 2 is 1.62 bits per heavy atom. The lowest BCUT2D eigenvalue weighted by Gasteiger charge is -2.32. The number of hydrogen-bond donors (Lipinski definition) is 1. The molecule has 2 fully saturated rings. The molecule has 184 valence electrons. The van der Waals surface area contributed by atoms with Gasteiger partial charge in [0.15, 0.2) is 0 Å². The van der Waals surface area contributed by atoms with E-state index in [-0.39, 0.29) is 29.3 Å². The number of aryl methyl sites for hydroxylation is 1. The lowest BCUT2D eigenvalue weighted by atomic mass is 9.97. The van der Waals surface area contributed by atoms with Crippen molar-refractivity contribution in [3.63, 3.8) is 0 Å². The van der Waals surface area contributed by atoms with Crippen LogP contribution >= 0.6 is 0 Å². The second kappa shape index (κ2) is 10.5. The summed E-state index contributed by atoms with van der Waals surface area (Å²) in [6, 6.07) is 15.2. The molecule has 7 heteroatoms. The standard InChI is InChI=1S/C27H37N3O3S/c1-20-6-12-26(13-7-20)34(32,33)30-16-4-5-24(19-30)27(31)28-22(3)23-8-10-25(11-9-23)29-17-14-21(2)15-18-29/h6-13,21-22,24H,4-5,14-19H2,1-3H3,(H,28,31)/t22-,24+/m1/s1. The molecular formula is C27H37N3O3S. The van der Waals surface area contributed by atoms with Gasteiger partial charge in [-0.2, -0.15) is 4.31 Å². The number of nitrogens with one attached hydrogen (secondary N) is 1. The molecule has 6 nitrogen and oxygen atoms in total. The summed E-state index contributed by atoms with van der Waals surface area (Å²) in [4.78, 5) is 15.8. The van der Waals surface area contributed by atoms with Gasteiger partial charge in [-0.3, -0.25) is 4.79 Å². The van der Waals surface area contributed by atoms with Crippen LogP contribution in [0, 0.1) is 18.8 Å². The summed E-state index contributed by atoms with van der Waals surface area (Å²) in [6.07, 6.45) is 3.84. The summed E-state index contributed by atoms with van der Waals surface area (Å²) in [6.45, 7) is 9.09. The van der Waals surface area contributed by atoms with Crippen molar-refractivity contribution in [2.45, 2.75) is 57.4 Å². The topological polar surface area (TPSA) is 69.7 Å². The van der Waals surface area contributed by atoms with Crippen LogP contribution in [0.15, 0.2) is 53.4 Å². The molecule has 0 aliphatic carbocycles. The molecule has 0 aromatic heterocycles. The average Bonchev–Trinajstić information content (AvgIpc) is 2.85. The van der Waals surface area contributed by atoms with Gasteiger partial charge in [-0.25, -0.2) is 8.42 Å². The van der Waals surface area contributed by atoms with Crippen molar-refractivity contribution in [2.24, 2.45) is 11.8 Å². The average molecular weight is 484 g/mol. The molecule has 0 unspecified atom stereocenters. The zero-order valence-corrected chi connectivity index (χ0v) is 21.4. The molecular weight excluding hydrogens is 446 g/mol. The summed E-state index contributed by atoms with van der Waals surface area (Å²) >= 11 is 0. The molecule has 34 heavy (non-hydrogen) atoms. The Kier molecular flexibility index (Phi) is 7.63. The Labute approximate surface area is 204 Å². The van der Waals surface area contributed by atoms with Crippen molar-refractivity contribution in [3.05, 3.63) is 59.7 Å². The van der Waals surface area contributed by atoms with Gasteiger partial charge >= 0.3 is 0 Å². The number of anilines is 1. The van der Waals surface area contributed by atoms with Gasteiger partial charge in [-0.05, 0) is 75.3 Å². The highest BCUT2D eigenvalue weighted by molar-refractivity contribution is 7.89. The van der Waals surface area contributed by atoms with Gasteiger partial charge in [0.25, 0.3) is 0 Å². The minimum atomic E-state index is -3.60. The molecule has 0 saturated carbocycles. The van der Waals surface area contributed by atoms with Crippen molar-refractivity contribution < 1.29 is 13.2 Å². The number of piperidine rings is 2. The molecule has 0 radical (unpaired) electrons. The summed E-state index contributed by atoms with van der Waals surface area (Å²) in [5, 5.41) is 3.12. The quantitative estimate of drug-likeness (QED) is 0.656. The van der Waals surface area contributed by atoms with Crippen LogP contribution in [0.4, 0.5) is 5.69 Å². The minimum Gasteiger partial charge on any atom is -0.372 e. The highest BCUT2D eigenvalue weighted by Gasteiger charge is 2.33. The van der Waals surface area contributed by atoms with E-state index in [1.165, 1.54) is 22.8 Å². The number of hydrogen-bond acceptors (Lipinski definition) is 4. The molecule has 2 saturated heterocycles. The number of nitrogens with zero attached hydrogens (tertiary/aromatic N) is 2. The molecule has 2 heterocycles. The Morgan fingerprint density at radius 3 is 2.26 bits per heavy atom. The molecule has 0 spiro atoms.